The Morgan fingerprint density at radius 2 is 1.71 bits per heavy atom. The number of ketones is 1. The molecule has 1 aromatic heterocycles. The smallest absolute Gasteiger partial charge is 0.456 e. The average Bonchev–Trinajstić information content (AvgIpc) is 3.05. The second-order valence-electron chi connectivity index (χ2n) is 5.31. The molecule has 1 amide bonds. The Morgan fingerprint density at radius 1 is 1.04 bits per heavy atom. The van der Waals surface area contributed by atoms with Crippen LogP contribution >= 0.6 is 22.9 Å². The monoisotopic (exact) mass is 435 g/mol. The summed E-state index contributed by atoms with van der Waals surface area (Å²) in [5.41, 5.74) is 0.195. The molecule has 0 unspecified atom stereocenters. The Hall–Kier alpha value is -2.59. The quantitative estimate of drug-likeness (QED) is 0.489. The second kappa shape index (κ2) is 9.56. The van der Waals surface area contributed by atoms with Gasteiger partial charge >= 0.3 is 12.3 Å². The number of hydrogen-bond acceptors (Lipinski definition) is 6. The molecule has 0 aliphatic rings. The van der Waals surface area contributed by atoms with E-state index < -0.39 is 30.6 Å². The van der Waals surface area contributed by atoms with Crippen LogP contribution in [0.2, 0.25) is 4.34 Å². The zero-order valence-corrected chi connectivity index (χ0v) is 15.6. The van der Waals surface area contributed by atoms with E-state index in [0.29, 0.717) is 9.21 Å². The number of halogens is 4. The van der Waals surface area contributed by atoms with Crippen LogP contribution in [-0.4, -0.2) is 30.6 Å². The summed E-state index contributed by atoms with van der Waals surface area (Å²) in [7, 11) is 0. The van der Waals surface area contributed by atoms with Gasteiger partial charge in [0, 0.05) is 12.1 Å². The van der Waals surface area contributed by atoms with E-state index in [1.807, 2.05) is 0 Å². The van der Waals surface area contributed by atoms with E-state index >= 15 is 0 Å². The van der Waals surface area contributed by atoms with Crippen molar-refractivity contribution in [2.45, 2.75) is 19.2 Å². The molecule has 6 nitrogen and oxygen atoms in total. The lowest BCUT2D eigenvalue weighted by Gasteiger charge is -2.10. The number of ether oxygens (including phenoxy) is 2. The third-order valence-corrected chi connectivity index (χ3v) is 4.41. The van der Waals surface area contributed by atoms with Gasteiger partial charge in [0.2, 0.25) is 0 Å². The van der Waals surface area contributed by atoms with Gasteiger partial charge in [0.05, 0.1) is 15.6 Å². The summed E-state index contributed by atoms with van der Waals surface area (Å²) in [6.07, 6.45) is -5.10. The van der Waals surface area contributed by atoms with Gasteiger partial charge in [-0.05, 0) is 36.4 Å². The summed E-state index contributed by atoms with van der Waals surface area (Å²) in [6.45, 7) is -0.599. The number of anilines is 1. The Morgan fingerprint density at radius 3 is 2.29 bits per heavy atom. The summed E-state index contributed by atoms with van der Waals surface area (Å²) in [6, 6.07) is 7.58. The number of nitrogens with one attached hydrogen (secondary N) is 1. The number of alkyl halides is 3. The molecule has 150 valence electrons. The average molecular weight is 436 g/mol. The van der Waals surface area contributed by atoms with Crippen LogP contribution in [0.4, 0.5) is 18.9 Å². The number of benzene rings is 1. The first kappa shape index (κ1) is 21.7. The summed E-state index contributed by atoms with van der Waals surface area (Å²) in [5, 5.41) is 2.35. The molecule has 2 aromatic rings. The van der Waals surface area contributed by atoms with Crippen molar-refractivity contribution in [3.05, 3.63) is 45.6 Å². The van der Waals surface area contributed by atoms with E-state index in [1.165, 1.54) is 12.1 Å². The van der Waals surface area contributed by atoms with Crippen LogP contribution in [0.15, 0.2) is 36.4 Å². The maximum absolute atomic E-state index is 12.1. The highest BCUT2D eigenvalue weighted by Crippen LogP contribution is 2.24. The Bertz CT molecular complexity index is 851. The number of esters is 1. The minimum absolute atomic E-state index is 0.0854. The predicted molar refractivity (Wildman–Crippen MR) is 95.6 cm³/mol. The standard InChI is InChI=1S/C17H13ClF3NO5S/c18-14-7-6-13(28-14)12(23)5-8-16(25)26-9-15(24)22-10-1-3-11(4-2-10)27-17(19,20)21/h1-4,6-7H,5,8-9H2,(H,22,24). The number of carbonyl (C=O) groups excluding carboxylic acids is 3. The largest absolute Gasteiger partial charge is 0.573 e. The predicted octanol–water partition coefficient (Wildman–Crippen LogP) is 4.44. The molecule has 28 heavy (non-hydrogen) atoms. The van der Waals surface area contributed by atoms with Gasteiger partial charge in [0.15, 0.2) is 12.4 Å². The highest BCUT2D eigenvalue weighted by molar-refractivity contribution is 7.18. The Labute approximate surface area is 166 Å². The number of rotatable bonds is 8. The summed E-state index contributed by atoms with van der Waals surface area (Å²) < 4.78 is 45.1. The lowest BCUT2D eigenvalue weighted by molar-refractivity contribution is -0.274. The van der Waals surface area contributed by atoms with Crippen molar-refractivity contribution < 1.29 is 37.0 Å². The first-order chi connectivity index (χ1) is 13.1. The van der Waals surface area contributed by atoms with Crippen LogP contribution in [0, 0.1) is 0 Å². The van der Waals surface area contributed by atoms with Crippen LogP contribution in [0.3, 0.4) is 0 Å². The van der Waals surface area contributed by atoms with Crippen molar-refractivity contribution in [1.82, 2.24) is 0 Å². The van der Waals surface area contributed by atoms with Crippen LogP contribution in [-0.2, 0) is 14.3 Å². The molecule has 0 fully saturated rings. The number of thiophene rings is 1. The third-order valence-electron chi connectivity index (χ3n) is 3.14. The van der Waals surface area contributed by atoms with Crippen molar-refractivity contribution in [3.63, 3.8) is 0 Å². The van der Waals surface area contributed by atoms with E-state index in [4.69, 9.17) is 16.3 Å². The maximum atomic E-state index is 12.1. The first-order valence-corrected chi connectivity index (χ1v) is 8.91. The molecule has 0 saturated heterocycles. The summed E-state index contributed by atoms with van der Waals surface area (Å²) in [5.74, 6) is -2.12. The van der Waals surface area contributed by atoms with E-state index in [-0.39, 0.29) is 24.3 Å². The van der Waals surface area contributed by atoms with Crippen LogP contribution < -0.4 is 10.1 Å². The van der Waals surface area contributed by atoms with Crippen LogP contribution in [0.25, 0.3) is 0 Å². The summed E-state index contributed by atoms with van der Waals surface area (Å²) in [4.78, 5) is 35.6. The Balaban J connectivity index is 1.71. The molecule has 11 heteroatoms. The zero-order chi connectivity index (χ0) is 20.7. The molecule has 1 heterocycles. The zero-order valence-electron chi connectivity index (χ0n) is 14.0. The molecule has 0 aliphatic carbocycles. The van der Waals surface area contributed by atoms with E-state index in [1.54, 1.807) is 12.1 Å². The number of amides is 1. The second-order valence-corrected chi connectivity index (χ2v) is 7.02. The van der Waals surface area contributed by atoms with Gasteiger partial charge in [0.1, 0.15) is 5.75 Å². The van der Waals surface area contributed by atoms with Gasteiger partial charge in [-0.1, -0.05) is 11.6 Å². The van der Waals surface area contributed by atoms with E-state index in [9.17, 15) is 27.6 Å². The number of carbonyl (C=O) groups is 3. The Kier molecular flexibility index (Phi) is 7.41. The topological polar surface area (TPSA) is 81.7 Å². The minimum Gasteiger partial charge on any atom is -0.456 e. The molecule has 0 bridgehead atoms. The molecule has 2 rings (SSSR count). The number of Topliss-reactive ketones (excluding diaryl/α,β-unsaturated/α-hetero) is 1. The third kappa shape index (κ3) is 7.57. The molecule has 1 N–H and O–H groups in total. The lowest BCUT2D eigenvalue weighted by Crippen LogP contribution is -2.21. The minimum atomic E-state index is -4.81. The molecular weight excluding hydrogens is 423 g/mol. The lowest BCUT2D eigenvalue weighted by atomic mass is 10.2. The van der Waals surface area contributed by atoms with Gasteiger partial charge in [-0.3, -0.25) is 14.4 Å². The molecule has 0 atom stereocenters. The highest BCUT2D eigenvalue weighted by Gasteiger charge is 2.30. The fraction of sp³-hybridized carbons (Fsp3) is 0.235. The molecule has 1 aromatic carbocycles. The van der Waals surface area contributed by atoms with E-state index in [0.717, 1.165) is 23.5 Å². The van der Waals surface area contributed by atoms with Crippen molar-refractivity contribution >= 4 is 46.3 Å². The van der Waals surface area contributed by atoms with Crippen LogP contribution in [0.5, 0.6) is 5.75 Å². The van der Waals surface area contributed by atoms with Gasteiger partial charge in [-0.25, -0.2) is 0 Å². The fourth-order valence-corrected chi connectivity index (χ4v) is 2.97. The molecular formula is C17H13ClF3NO5S. The molecule has 0 radical (unpaired) electrons. The van der Waals surface area contributed by atoms with Crippen molar-refractivity contribution in [2.24, 2.45) is 0 Å². The normalized spacial score (nSPS) is 11.0. The number of hydrogen-bond donors (Lipinski definition) is 1. The SMILES string of the molecule is O=C(COC(=O)CCC(=O)c1ccc(Cl)s1)Nc1ccc(OC(F)(F)F)cc1. The van der Waals surface area contributed by atoms with Gasteiger partial charge in [0.25, 0.3) is 5.91 Å². The van der Waals surface area contributed by atoms with Gasteiger partial charge < -0.3 is 14.8 Å². The van der Waals surface area contributed by atoms with Gasteiger partial charge in [-0.2, -0.15) is 0 Å². The van der Waals surface area contributed by atoms with Gasteiger partial charge in [-0.15, -0.1) is 24.5 Å². The first-order valence-electron chi connectivity index (χ1n) is 7.72. The highest BCUT2D eigenvalue weighted by atomic mass is 35.5. The molecule has 0 aliphatic heterocycles. The summed E-state index contributed by atoms with van der Waals surface area (Å²) >= 11 is 6.83. The van der Waals surface area contributed by atoms with Crippen molar-refractivity contribution in [3.8, 4) is 5.75 Å². The van der Waals surface area contributed by atoms with Crippen molar-refractivity contribution in [2.75, 3.05) is 11.9 Å². The van der Waals surface area contributed by atoms with Crippen LogP contribution in [0.1, 0.15) is 22.5 Å². The van der Waals surface area contributed by atoms with E-state index in [2.05, 4.69) is 10.1 Å². The van der Waals surface area contributed by atoms with Crippen molar-refractivity contribution in [1.29, 1.82) is 0 Å². The molecule has 0 saturated carbocycles. The fourth-order valence-electron chi connectivity index (χ4n) is 1.96. The maximum Gasteiger partial charge on any atom is 0.573 e. The molecule has 0 spiro atoms.